The van der Waals surface area contributed by atoms with Crippen LogP contribution >= 0.6 is 0 Å². The topological polar surface area (TPSA) is 17.1 Å². The van der Waals surface area contributed by atoms with Gasteiger partial charge in [0.1, 0.15) is 0 Å². The van der Waals surface area contributed by atoms with Crippen LogP contribution in [-0.4, -0.2) is 13.9 Å². The first-order chi connectivity index (χ1) is 7.73. The highest BCUT2D eigenvalue weighted by Crippen LogP contribution is 2.39. The van der Waals surface area contributed by atoms with E-state index in [1.807, 2.05) is 6.08 Å². The minimum atomic E-state index is -0.952. The molecule has 0 fully saturated rings. The number of hydrogen-bond donors (Lipinski definition) is 0. The van der Waals surface area contributed by atoms with Crippen molar-refractivity contribution in [3.63, 3.8) is 0 Å². The maximum absolute atomic E-state index is 11.3. The maximum Gasteiger partial charge on any atom is 0.155 e. The molecule has 0 aromatic carbocycles. The van der Waals surface area contributed by atoms with Crippen LogP contribution in [0.4, 0.5) is 0 Å². The van der Waals surface area contributed by atoms with E-state index >= 15 is 0 Å². The number of rotatable bonds is 4. The summed E-state index contributed by atoms with van der Waals surface area (Å²) in [5.41, 5.74) is 1.47. The standard InChI is InChI=1S/C15H26OSi/c1-13-12-14(16)8-10-15(13,2)9-6-7-11-17(3,4)5/h6-7,12H,8-11H2,1-5H3/b7-6-/t15-/m0/s1. The van der Waals surface area contributed by atoms with Crippen LogP contribution in [0.1, 0.15) is 33.1 Å². The molecular formula is C15H26OSi. The minimum absolute atomic E-state index is 0.212. The van der Waals surface area contributed by atoms with E-state index in [-0.39, 0.29) is 5.41 Å². The van der Waals surface area contributed by atoms with Gasteiger partial charge in [-0.3, -0.25) is 4.79 Å². The highest BCUT2D eigenvalue weighted by molar-refractivity contribution is 6.76. The fourth-order valence-corrected chi connectivity index (χ4v) is 3.00. The molecule has 1 aliphatic carbocycles. The van der Waals surface area contributed by atoms with E-state index in [4.69, 9.17) is 0 Å². The predicted molar refractivity (Wildman–Crippen MR) is 78.0 cm³/mol. The van der Waals surface area contributed by atoms with E-state index in [0.29, 0.717) is 5.78 Å². The summed E-state index contributed by atoms with van der Waals surface area (Å²) in [4.78, 5) is 11.3. The second-order valence-electron chi connectivity index (χ2n) is 6.79. The van der Waals surface area contributed by atoms with Crippen LogP contribution in [-0.2, 0) is 4.79 Å². The summed E-state index contributed by atoms with van der Waals surface area (Å²) in [7, 11) is -0.952. The molecule has 0 spiro atoms. The van der Waals surface area contributed by atoms with E-state index in [9.17, 15) is 4.79 Å². The summed E-state index contributed by atoms with van der Waals surface area (Å²) in [5, 5.41) is 0. The Labute approximate surface area is 107 Å². The van der Waals surface area contributed by atoms with Gasteiger partial charge in [0.25, 0.3) is 0 Å². The third-order valence-corrected chi connectivity index (χ3v) is 5.18. The number of ketones is 1. The third-order valence-electron chi connectivity index (χ3n) is 3.72. The van der Waals surface area contributed by atoms with Crippen LogP contribution in [0.5, 0.6) is 0 Å². The summed E-state index contributed by atoms with van der Waals surface area (Å²) in [6, 6.07) is 1.25. The zero-order chi connectivity index (χ0) is 13.1. The van der Waals surface area contributed by atoms with Crippen LogP contribution in [0.3, 0.4) is 0 Å². The van der Waals surface area contributed by atoms with Crippen molar-refractivity contribution in [2.24, 2.45) is 5.41 Å². The molecule has 0 radical (unpaired) electrons. The summed E-state index contributed by atoms with van der Waals surface area (Å²) >= 11 is 0. The molecule has 0 aliphatic heterocycles. The average Bonchev–Trinajstić information content (AvgIpc) is 2.18. The summed E-state index contributed by atoms with van der Waals surface area (Å²) in [6.07, 6.45) is 9.32. The molecule has 1 nitrogen and oxygen atoms in total. The molecule has 1 atom stereocenters. The molecule has 0 N–H and O–H groups in total. The molecule has 0 saturated heterocycles. The molecule has 2 heteroatoms. The van der Waals surface area contributed by atoms with Crippen LogP contribution in [0.2, 0.25) is 25.7 Å². The number of carbonyl (C=O) groups is 1. The molecule has 17 heavy (non-hydrogen) atoms. The lowest BCUT2D eigenvalue weighted by molar-refractivity contribution is -0.115. The van der Waals surface area contributed by atoms with E-state index in [1.165, 1.54) is 11.6 Å². The van der Waals surface area contributed by atoms with E-state index in [2.05, 4.69) is 45.6 Å². The van der Waals surface area contributed by atoms with E-state index < -0.39 is 8.07 Å². The fourth-order valence-electron chi connectivity index (χ4n) is 2.13. The van der Waals surface area contributed by atoms with Gasteiger partial charge in [-0.25, -0.2) is 0 Å². The van der Waals surface area contributed by atoms with Gasteiger partial charge in [0, 0.05) is 14.5 Å². The predicted octanol–water partition coefficient (Wildman–Crippen LogP) is 4.59. The number of hydrogen-bond acceptors (Lipinski definition) is 1. The highest BCUT2D eigenvalue weighted by Gasteiger charge is 2.29. The summed E-state index contributed by atoms with van der Waals surface area (Å²) in [5.74, 6) is 0.297. The van der Waals surface area contributed by atoms with Crippen LogP contribution in [0, 0.1) is 5.41 Å². The van der Waals surface area contributed by atoms with Crippen molar-refractivity contribution in [3.8, 4) is 0 Å². The van der Waals surface area contributed by atoms with Gasteiger partial charge in [0.2, 0.25) is 0 Å². The van der Waals surface area contributed by atoms with Gasteiger partial charge in [0.05, 0.1) is 0 Å². The summed E-state index contributed by atoms with van der Waals surface area (Å²) < 4.78 is 0. The van der Waals surface area contributed by atoms with Crippen LogP contribution in [0.15, 0.2) is 23.8 Å². The fraction of sp³-hybridized carbons (Fsp3) is 0.667. The van der Waals surface area contributed by atoms with Crippen molar-refractivity contribution in [1.29, 1.82) is 0 Å². The SMILES string of the molecule is CC1=CC(=O)CC[C@]1(C)C/C=C\C[Si](C)(C)C. The smallest absolute Gasteiger partial charge is 0.155 e. The Morgan fingerprint density at radius 1 is 1.35 bits per heavy atom. The lowest BCUT2D eigenvalue weighted by Gasteiger charge is -2.32. The number of carbonyl (C=O) groups excluding carboxylic acids is 1. The molecular weight excluding hydrogens is 224 g/mol. The van der Waals surface area contributed by atoms with Crippen molar-refractivity contribution in [1.82, 2.24) is 0 Å². The first-order valence-corrected chi connectivity index (χ1v) is 10.3. The monoisotopic (exact) mass is 250 g/mol. The lowest BCUT2D eigenvalue weighted by Crippen LogP contribution is -2.23. The molecule has 96 valence electrons. The third kappa shape index (κ3) is 4.62. The average molecular weight is 250 g/mol. The van der Waals surface area contributed by atoms with Gasteiger partial charge in [-0.15, -0.1) is 0 Å². The largest absolute Gasteiger partial charge is 0.295 e. The maximum atomic E-state index is 11.3. The molecule has 0 aromatic rings. The van der Waals surface area contributed by atoms with Gasteiger partial charge in [-0.05, 0) is 37.3 Å². The summed E-state index contributed by atoms with van der Waals surface area (Å²) in [6.45, 7) is 11.6. The first kappa shape index (κ1) is 14.4. The van der Waals surface area contributed by atoms with Crippen molar-refractivity contribution in [3.05, 3.63) is 23.8 Å². The molecule has 0 aromatic heterocycles. The normalized spacial score (nSPS) is 26.4. The quantitative estimate of drug-likeness (QED) is 0.527. The Hall–Kier alpha value is -0.633. The van der Waals surface area contributed by atoms with Crippen LogP contribution in [0.25, 0.3) is 0 Å². The Bertz CT molecular complexity index is 346. The van der Waals surface area contributed by atoms with Crippen molar-refractivity contribution in [2.75, 3.05) is 0 Å². The first-order valence-electron chi connectivity index (χ1n) is 6.60. The lowest BCUT2D eigenvalue weighted by atomic mass is 9.72. The van der Waals surface area contributed by atoms with Gasteiger partial charge in [-0.2, -0.15) is 0 Å². The second-order valence-corrected chi connectivity index (χ2v) is 12.3. The molecule has 1 rings (SSSR count). The molecule has 1 aliphatic rings. The Balaban J connectivity index is 2.57. The van der Waals surface area contributed by atoms with E-state index in [1.54, 1.807) is 0 Å². The van der Waals surface area contributed by atoms with Gasteiger partial charge in [0.15, 0.2) is 5.78 Å². The molecule has 0 amide bonds. The highest BCUT2D eigenvalue weighted by atomic mass is 28.3. The van der Waals surface area contributed by atoms with Gasteiger partial charge >= 0.3 is 0 Å². The van der Waals surface area contributed by atoms with Crippen molar-refractivity contribution < 1.29 is 4.79 Å². The molecule has 0 unspecified atom stereocenters. The van der Waals surface area contributed by atoms with E-state index in [0.717, 1.165) is 19.3 Å². The Morgan fingerprint density at radius 2 is 2.00 bits per heavy atom. The van der Waals surface area contributed by atoms with Crippen LogP contribution < -0.4 is 0 Å². The minimum Gasteiger partial charge on any atom is -0.295 e. The second kappa shape index (κ2) is 5.34. The number of allylic oxidation sites excluding steroid dienone is 4. The zero-order valence-electron chi connectivity index (χ0n) is 12.0. The Kier molecular flexibility index (Phi) is 4.53. The zero-order valence-corrected chi connectivity index (χ0v) is 13.0. The van der Waals surface area contributed by atoms with Gasteiger partial charge < -0.3 is 0 Å². The molecule has 0 bridgehead atoms. The van der Waals surface area contributed by atoms with Crippen molar-refractivity contribution >= 4 is 13.9 Å². The van der Waals surface area contributed by atoms with Gasteiger partial charge in [-0.1, -0.05) is 44.3 Å². The van der Waals surface area contributed by atoms with Crippen molar-refractivity contribution in [2.45, 2.75) is 58.8 Å². The Morgan fingerprint density at radius 3 is 2.53 bits per heavy atom. The molecule has 0 heterocycles. The molecule has 0 saturated carbocycles.